The number of rotatable bonds is 3. The zero-order valence-electron chi connectivity index (χ0n) is 12.8. The van der Waals surface area contributed by atoms with Gasteiger partial charge in [-0.2, -0.15) is 0 Å². The van der Waals surface area contributed by atoms with Gasteiger partial charge in [0.1, 0.15) is 0 Å². The lowest BCUT2D eigenvalue weighted by Crippen LogP contribution is -2.52. The Labute approximate surface area is 125 Å². The Morgan fingerprint density at radius 2 is 2.05 bits per heavy atom. The van der Waals surface area contributed by atoms with Gasteiger partial charge < -0.3 is 5.32 Å². The first-order valence-corrected chi connectivity index (χ1v) is 7.69. The fourth-order valence-corrected chi connectivity index (χ4v) is 3.51. The van der Waals surface area contributed by atoms with Gasteiger partial charge in [0.15, 0.2) is 5.78 Å². The second-order valence-electron chi connectivity index (χ2n) is 6.38. The van der Waals surface area contributed by atoms with Crippen LogP contribution in [0.2, 0.25) is 0 Å². The average Bonchev–Trinajstić information content (AvgIpc) is 2.76. The van der Waals surface area contributed by atoms with E-state index in [0.29, 0.717) is 6.42 Å². The highest BCUT2D eigenvalue weighted by atomic mass is 16.2. The Morgan fingerprint density at radius 1 is 1.33 bits per heavy atom. The smallest absolute Gasteiger partial charge is 0.244 e. The number of para-hydroxylation sites is 1. The van der Waals surface area contributed by atoms with Crippen molar-refractivity contribution >= 4 is 17.4 Å². The van der Waals surface area contributed by atoms with Gasteiger partial charge in [-0.05, 0) is 30.9 Å². The van der Waals surface area contributed by atoms with E-state index in [1.807, 2.05) is 26.0 Å². The molecular formula is C17H22N2O2. The highest BCUT2D eigenvalue weighted by molar-refractivity contribution is 6.06. The zero-order valence-corrected chi connectivity index (χ0v) is 12.8. The van der Waals surface area contributed by atoms with Crippen LogP contribution in [0.15, 0.2) is 18.2 Å². The molecule has 0 radical (unpaired) electrons. The number of carbonyl (C=O) groups is 2. The number of hydrogen-bond acceptors (Lipinski definition) is 3. The molecule has 2 unspecified atom stereocenters. The summed E-state index contributed by atoms with van der Waals surface area (Å²) in [4.78, 5) is 26.7. The second-order valence-corrected chi connectivity index (χ2v) is 6.38. The Bertz CT molecular complexity index is 594. The van der Waals surface area contributed by atoms with Gasteiger partial charge >= 0.3 is 0 Å². The van der Waals surface area contributed by atoms with Crippen LogP contribution >= 0.6 is 0 Å². The molecule has 112 valence electrons. The number of hydrogen-bond donors (Lipinski definition) is 1. The summed E-state index contributed by atoms with van der Waals surface area (Å²) in [7, 11) is 0. The number of carbonyl (C=O) groups excluding carboxylic acids is 2. The third-order valence-corrected chi connectivity index (χ3v) is 4.41. The molecule has 0 fully saturated rings. The van der Waals surface area contributed by atoms with Gasteiger partial charge in [-0.1, -0.05) is 32.0 Å². The number of aryl methyl sites for hydroxylation is 1. The molecule has 1 amide bonds. The van der Waals surface area contributed by atoms with Gasteiger partial charge in [0, 0.05) is 12.5 Å². The Kier molecular flexibility index (Phi) is 3.57. The maximum absolute atomic E-state index is 12.9. The summed E-state index contributed by atoms with van der Waals surface area (Å²) in [5.74, 6) is 0.114. The van der Waals surface area contributed by atoms with Crippen LogP contribution in [0.3, 0.4) is 0 Å². The van der Waals surface area contributed by atoms with Crippen molar-refractivity contribution in [3.8, 4) is 0 Å². The first kappa shape index (κ1) is 14.3. The lowest BCUT2D eigenvalue weighted by Gasteiger charge is -2.28. The predicted molar refractivity (Wildman–Crippen MR) is 82.5 cm³/mol. The molecule has 1 aromatic carbocycles. The van der Waals surface area contributed by atoms with Crippen LogP contribution in [0, 0.1) is 0 Å². The topological polar surface area (TPSA) is 49.4 Å². The summed E-state index contributed by atoms with van der Waals surface area (Å²) in [5.41, 5.74) is 3.32. The van der Waals surface area contributed by atoms with E-state index in [1.165, 1.54) is 5.56 Å². The normalized spacial score (nSPS) is 24.2. The summed E-state index contributed by atoms with van der Waals surface area (Å²) >= 11 is 0. The van der Waals surface area contributed by atoms with Gasteiger partial charge in [-0.25, -0.2) is 0 Å². The number of amides is 1. The van der Waals surface area contributed by atoms with Crippen LogP contribution in [0.25, 0.3) is 0 Å². The van der Waals surface area contributed by atoms with Crippen molar-refractivity contribution in [2.45, 2.75) is 58.2 Å². The largest absolute Gasteiger partial charge is 0.304 e. The van der Waals surface area contributed by atoms with Crippen molar-refractivity contribution in [2.75, 3.05) is 4.90 Å². The Balaban J connectivity index is 2.05. The number of anilines is 1. The molecule has 0 saturated heterocycles. The summed E-state index contributed by atoms with van der Waals surface area (Å²) in [6.45, 7) is 5.67. The second kappa shape index (κ2) is 5.26. The molecule has 2 atom stereocenters. The highest BCUT2D eigenvalue weighted by Gasteiger charge is 2.42. The van der Waals surface area contributed by atoms with E-state index in [2.05, 4.69) is 11.4 Å². The molecule has 1 aromatic rings. The van der Waals surface area contributed by atoms with Crippen molar-refractivity contribution < 1.29 is 9.59 Å². The SMILES string of the molecule is CC(=O)C1Cc2cccc3c2N1C(=O)C(NC(C)C)CC3. The van der Waals surface area contributed by atoms with Crippen molar-refractivity contribution in [1.29, 1.82) is 0 Å². The van der Waals surface area contributed by atoms with E-state index in [9.17, 15) is 9.59 Å². The van der Waals surface area contributed by atoms with Gasteiger partial charge in [-0.3, -0.25) is 14.5 Å². The van der Waals surface area contributed by atoms with Crippen LogP contribution < -0.4 is 10.2 Å². The molecular weight excluding hydrogens is 264 g/mol. The van der Waals surface area contributed by atoms with Crippen molar-refractivity contribution in [1.82, 2.24) is 5.32 Å². The van der Waals surface area contributed by atoms with E-state index in [4.69, 9.17) is 0 Å². The van der Waals surface area contributed by atoms with Gasteiger partial charge in [-0.15, -0.1) is 0 Å². The number of nitrogens with one attached hydrogen (secondary N) is 1. The van der Waals surface area contributed by atoms with Gasteiger partial charge in [0.2, 0.25) is 5.91 Å². The van der Waals surface area contributed by atoms with Crippen LogP contribution in [-0.2, 0) is 22.4 Å². The molecule has 1 N–H and O–H groups in total. The predicted octanol–water partition coefficient (Wildman–Crippen LogP) is 1.85. The minimum Gasteiger partial charge on any atom is -0.304 e. The van der Waals surface area contributed by atoms with Crippen molar-refractivity contribution in [3.05, 3.63) is 29.3 Å². The summed E-state index contributed by atoms with van der Waals surface area (Å²) < 4.78 is 0. The molecule has 0 bridgehead atoms. The third kappa shape index (κ3) is 2.38. The number of Topliss-reactive ketones (excluding diaryl/α,β-unsaturated/α-hetero) is 1. The molecule has 0 spiro atoms. The maximum atomic E-state index is 12.9. The van der Waals surface area contributed by atoms with Crippen molar-refractivity contribution in [3.63, 3.8) is 0 Å². The molecule has 4 heteroatoms. The molecule has 2 aliphatic rings. The van der Waals surface area contributed by atoms with E-state index in [0.717, 1.165) is 24.1 Å². The monoisotopic (exact) mass is 286 g/mol. The first-order valence-electron chi connectivity index (χ1n) is 7.69. The van der Waals surface area contributed by atoms with Crippen LogP contribution in [-0.4, -0.2) is 29.8 Å². The standard InChI is InChI=1S/C17H22N2O2/c1-10(2)18-14-8-7-12-5-4-6-13-9-15(11(3)20)19(16(12)13)17(14)21/h4-6,10,14-15,18H,7-9H2,1-3H3. The van der Waals surface area contributed by atoms with Crippen molar-refractivity contribution in [2.24, 2.45) is 0 Å². The third-order valence-electron chi connectivity index (χ3n) is 4.41. The quantitative estimate of drug-likeness (QED) is 0.922. The lowest BCUT2D eigenvalue weighted by molar-refractivity contribution is -0.125. The number of benzene rings is 1. The number of ketones is 1. The zero-order chi connectivity index (χ0) is 15.1. The Morgan fingerprint density at radius 3 is 2.71 bits per heavy atom. The molecule has 2 aliphatic heterocycles. The minimum absolute atomic E-state index is 0.0487. The highest BCUT2D eigenvalue weighted by Crippen LogP contribution is 2.39. The van der Waals surface area contributed by atoms with E-state index >= 15 is 0 Å². The van der Waals surface area contributed by atoms with Crippen LogP contribution in [0.1, 0.15) is 38.3 Å². The van der Waals surface area contributed by atoms with Crippen LogP contribution in [0.5, 0.6) is 0 Å². The summed E-state index contributed by atoms with van der Waals surface area (Å²) in [6, 6.07) is 5.87. The molecule has 0 aromatic heterocycles. The molecule has 2 heterocycles. The van der Waals surface area contributed by atoms with Gasteiger partial charge in [0.25, 0.3) is 0 Å². The number of nitrogens with zero attached hydrogens (tertiary/aromatic N) is 1. The maximum Gasteiger partial charge on any atom is 0.244 e. The summed E-state index contributed by atoms with van der Waals surface area (Å²) in [6.07, 6.45) is 2.31. The van der Waals surface area contributed by atoms with E-state index in [-0.39, 0.29) is 29.8 Å². The van der Waals surface area contributed by atoms with Gasteiger partial charge in [0.05, 0.1) is 17.8 Å². The molecule has 0 saturated carbocycles. The van der Waals surface area contributed by atoms with Crippen LogP contribution in [0.4, 0.5) is 5.69 Å². The Hall–Kier alpha value is -1.68. The molecule has 3 rings (SSSR count). The first-order chi connectivity index (χ1) is 9.99. The summed E-state index contributed by atoms with van der Waals surface area (Å²) in [5, 5.41) is 3.35. The van der Waals surface area contributed by atoms with E-state index < -0.39 is 0 Å². The fourth-order valence-electron chi connectivity index (χ4n) is 3.51. The molecule has 0 aliphatic carbocycles. The lowest BCUT2D eigenvalue weighted by atomic mass is 10.0. The molecule has 21 heavy (non-hydrogen) atoms. The minimum atomic E-state index is -0.330. The van der Waals surface area contributed by atoms with E-state index in [1.54, 1.807) is 11.8 Å². The molecule has 4 nitrogen and oxygen atoms in total. The average molecular weight is 286 g/mol. The fraction of sp³-hybridized carbons (Fsp3) is 0.529.